The zero-order valence-corrected chi connectivity index (χ0v) is 16.7. The Kier molecular flexibility index (Phi) is 5.58. The van der Waals surface area contributed by atoms with Gasteiger partial charge in [0, 0.05) is 29.4 Å². The highest BCUT2D eigenvalue weighted by Crippen LogP contribution is 2.48. The maximum absolute atomic E-state index is 13.3. The number of aromatic nitrogens is 1. The first kappa shape index (κ1) is 19.8. The molecule has 3 rings (SSSR count). The summed E-state index contributed by atoms with van der Waals surface area (Å²) in [5, 5.41) is 11.6. The molecule has 0 saturated heterocycles. The lowest BCUT2D eigenvalue weighted by Gasteiger charge is -2.39. The van der Waals surface area contributed by atoms with Crippen LogP contribution in [0, 0.1) is 5.41 Å². The summed E-state index contributed by atoms with van der Waals surface area (Å²) in [5.41, 5.74) is 7.24. The first-order valence-electron chi connectivity index (χ1n) is 9.55. The number of nitrogens with two attached hydrogens (primary N) is 1. The molecule has 0 amide bonds. The van der Waals surface area contributed by atoms with Crippen LogP contribution in [0.3, 0.4) is 0 Å². The summed E-state index contributed by atoms with van der Waals surface area (Å²) in [6.07, 6.45) is 5.62. The van der Waals surface area contributed by atoms with E-state index < -0.39 is 27.3 Å². The van der Waals surface area contributed by atoms with Gasteiger partial charge < -0.3 is 10.8 Å². The zero-order valence-electron chi connectivity index (χ0n) is 15.9. The van der Waals surface area contributed by atoms with E-state index in [1.165, 1.54) is 0 Å². The minimum Gasteiger partial charge on any atom is -0.399 e. The fourth-order valence-corrected chi connectivity index (χ4v) is 6.58. The van der Waals surface area contributed by atoms with E-state index in [-0.39, 0.29) is 10.6 Å². The number of benzene rings is 1. The molecule has 0 bridgehead atoms. The van der Waals surface area contributed by atoms with E-state index in [1.54, 1.807) is 30.6 Å². The summed E-state index contributed by atoms with van der Waals surface area (Å²) in [5.74, 6) is -0.503. The van der Waals surface area contributed by atoms with Crippen LogP contribution in [-0.2, 0) is 9.84 Å². The number of aliphatic hydroxyl groups excluding tert-OH is 1. The third kappa shape index (κ3) is 3.60. The minimum absolute atomic E-state index is 0.0455. The molecule has 146 valence electrons. The summed E-state index contributed by atoms with van der Waals surface area (Å²) in [6.45, 7) is 4.05. The van der Waals surface area contributed by atoms with Gasteiger partial charge in [-0.15, -0.1) is 0 Å². The molecule has 0 saturated carbocycles. The predicted molar refractivity (Wildman–Crippen MR) is 107 cm³/mol. The van der Waals surface area contributed by atoms with E-state index in [4.69, 9.17) is 5.73 Å². The van der Waals surface area contributed by atoms with Gasteiger partial charge in [-0.05, 0) is 54.3 Å². The molecule has 2 aromatic rings. The summed E-state index contributed by atoms with van der Waals surface area (Å²) in [7, 11) is -3.55. The minimum atomic E-state index is -3.55. The molecule has 6 heteroatoms. The van der Waals surface area contributed by atoms with E-state index in [0.717, 1.165) is 18.4 Å². The molecule has 1 aromatic heterocycles. The van der Waals surface area contributed by atoms with Crippen LogP contribution in [0.25, 0.3) is 0 Å². The van der Waals surface area contributed by atoms with Crippen LogP contribution in [0.15, 0.2) is 47.6 Å². The Labute approximate surface area is 161 Å². The van der Waals surface area contributed by atoms with Gasteiger partial charge in [0.2, 0.25) is 0 Å². The Hall–Kier alpha value is -1.92. The van der Waals surface area contributed by atoms with Gasteiger partial charge in [0.05, 0.1) is 16.8 Å². The first-order chi connectivity index (χ1) is 12.8. The van der Waals surface area contributed by atoms with Crippen molar-refractivity contribution < 1.29 is 13.5 Å². The maximum Gasteiger partial charge on any atom is 0.179 e. The third-order valence-electron chi connectivity index (χ3n) is 5.92. The lowest BCUT2D eigenvalue weighted by molar-refractivity contribution is 0.0174. The molecular weight excluding hydrogens is 360 g/mol. The molecule has 27 heavy (non-hydrogen) atoms. The summed E-state index contributed by atoms with van der Waals surface area (Å²) >= 11 is 0. The Balaban J connectivity index is 2.28. The van der Waals surface area contributed by atoms with Crippen LogP contribution in [0.4, 0.5) is 5.69 Å². The first-order valence-corrected chi connectivity index (χ1v) is 11.2. The highest BCUT2D eigenvalue weighted by Gasteiger charge is 2.48. The molecule has 5 nitrogen and oxygen atoms in total. The van der Waals surface area contributed by atoms with Crippen molar-refractivity contribution >= 4 is 15.5 Å². The van der Waals surface area contributed by atoms with E-state index in [2.05, 4.69) is 11.9 Å². The van der Waals surface area contributed by atoms with E-state index >= 15 is 0 Å². The van der Waals surface area contributed by atoms with Crippen LogP contribution in [0.1, 0.15) is 56.6 Å². The molecular formula is C21H28N2O3S. The number of hydrogen-bond acceptors (Lipinski definition) is 5. The molecule has 1 aliphatic rings. The van der Waals surface area contributed by atoms with Crippen molar-refractivity contribution in [1.82, 2.24) is 4.98 Å². The monoisotopic (exact) mass is 388 g/mol. The average Bonchev–Trinajstić information content (AvgIpc) is 2.72. The quantitative estimate of drug-likeness (QED) is 0.764. The Bertz CT molecular complexity index is 899. The smallest absolute Gasteiger partial charge is 0.179 e. The molecule has 0 spiro atoms. The Morgan fingerprint density at radius 3 is 2.56 bits per heavy atom. The zero-order chi connectivity index (χ0) is 19.7. The number of unbranched alkanes of at least 4 members (excludes halogenated alkanes) is 1. The van der Waals surface area contributed by atoms with Gasteiger partial charge in [0.1, 0.15) is 0 Å². The number of pyridine rings is 1. The van der Waals surface area contributed by atoms with Crippen LogP contribution in [0.2, 0.25) is 0 Å². The highest BCUT2D eigenvalue weighted by atomic mass is 32.2. The van der Waals surface area contributed by atoms with E-state index in [0.29, 0.717) is 24.1 Å². The number of hydrogen-bond donors (Lipinski definition) is 2. The number of nitrogens with zero attached hydrogens (tertiary/aromatic N) is 1. The number of anilines is 1. The van der Waals surface area contributed by atoms with Crippen LogP contribution < -0.4 is 5.73 Å². The summed E-state index contributed by atoms with van der Waals surface area (Å²) in [4.78, 5) is 4.35. The second-order valence-corrected chi connectivity index (χ2v) is 9.54. The molecule has 2 unspecified atom stereocenters. The van der Waals surface area contributed by atoms with E-state index in [9.17, 15) is 13.5 Å². The molecule has 3 N–H and O–H groups in total. The van der Waals surface area contributed by atoms with Crippen molar-refractivity contribution in [1.29, 1.82) is 0 Å². The Morgan fingerprint density at radius 2 is 1.93 bits per heavy atom. The number of sulfone groups is 1. The lowest BCUT2D eigenvalue weighted by atomic mass is 9.69. The number of aliphatic hydroxyl groups is 1. The van der Waals surface area contributed by atoms with Crippen molar-refractivity contribution in [3.05, 3.63) is 53.9 Å². The topological polar surface area (TPSA) is 93.3 Å². The average molecular weight is 389 g/mol. The van der Waals surface area contributed by atoms with Gasteiger partial charge >= 0.3 is 0 Å². The van der Waals surface area contributed by atoms with Gasteiger partial charge in [0.15, 0.2) is 9.84 Å². The largest absolute Gasteiger partial charge is 0.399 e. The van der Waals surface area contributed by atoms with Crippen molar-refractivity contribution in [2.45, 2.75) is 56.4 Å². The van der Waals surface area contributed by atoms with Gasteiger partial charge in [-0.3, -0.25) is 4.98 Å². The fourth-order valence-electron chi connectivity index (χ4n) is 4.33. The normalized spacial score (nSPS) is 26.9. The van der Waals surface area contributed by atoms with Gasteiger partial charge in [0.25, 0.3) is 0 Å². The van der Waals surface area contributed by atoms with Crippen LogP contribution >= 0.6 is 0 Å². The molecule has 2 heterocycles. The number of rotatable bonds is 5. The fraction of sp³-hybridized carbons (Fsp3) is 0.476. The van der Waals surface area contributed by atoms with Crippen molar-refractivity contribution in [3.8, 4) is 0 Å². The van der Waals surface area contributed by atoms with E-state index in [1.807, 2.05) is 19.1 Å². The number of nitrogen functional groups attached to an aromatic ring is 1. The summed E-state index contributed by atoms with van der Waals surface area (Å²) < 4.78 is 26.6. The second-order valence-electron chi connectivity index (χ2n) is 7.58. The van der Waals surface area contributed by atoms with Crippen molar-refractivity contribution in [2.24, 2.45) is 5.41 Å². The van der Waals surface area contributed by atoms with Gasteiger partial charge in [-0.25, -0.2) is 8.42 Å². The number of fused-ring (bicyclic) bond motifs is 1. The molecule has 1 aromatic carbocycles. The maximum atomic E-state index is 13.3. The predicted octanol–water partition coefficient (Wildman–Crippen LogP) is 3.53. The van der Waals surface area contributed by atoms with Crippen LogP contribution in [-0.4, -0.2) is 30.4 Å². The van der Waals surface area contributed by atoms with Gasteiger partial charge in [-0.2, -0.15) is 0 Å². The second kappa shape index (κ2) is 7.60. The van der Waals surface area contributed by atoms with Crippen LogP contribution in [0.5, 0.6) is 0 Å². The highest BCUT2D eigenvalue weighted by molar-refractivity contribution is 7.91. The molecule has 0 radical (unpaired) electrons. The SMILES string of the molecule is CCCCC1(CC)CS(=O)(=O)c2ccc(N)cc2[C@@H](c2ccncc2)C1O. The molecule has 1 aliphatic heterocycles. The standard InChI is InChI=1S/C21H28N2O3S/c1-3-5-10-21(4-2)14-27(25,26)18-7-6-16(22)13-17(18)19(20(21)24)15-8-11-23-12-9-15/h6-9,11-13,19-20,24H,3-5,10,14,22H2,1-2H3/t19-,20?,21?/m1/s1. The Morgan fingerprint density at radius 1 is 1.22 bits per heavy atom. The van der Waals surface area contributed by atoms with Crippen molar-refractivity contribution in [3.63, 3.8) is 0 Å². The van der Waals surface area contributed by atoms with Crippen molar-refractivity contribution in [2.75, 3.05) is 11.5 Å². The molecule has 3 atom stereocenters. The molecule has 0 aliphatic carbocycles. The summed E-state index contributed by atoms with van der Waals surface area (Å²) in [6, 6.07) is 8.61. The van der Waals surface area contributed by atoms with Gasteiger partial charge in [-0.1, -0.05) is 26.7 Å². The molecule has 0 fully saturated rings. The third-order valence-corrected chi connectivity index (χ3v) is 7.92. The lowest BCUT2D eigenvalue weighted by Crippen LogP contribution is -2.42.